The van der Waals surface area contributed by atoms with Gasteiger partial charge in [0.25, 0.3) is 0 Å². The second kappa shape index (κ2) is 5.96. The molecule has 0 radical (unpaired) electrons. The smallest absolute Gasteiger partial charge is 0.176 e. The molecule has 1 N–H and O–H groups in total. The van der Waals surface area contributed by atoms with Crippen molar-refractivity contribution in [1.29, 1.82) is 0 Å². The summed E-state index contributed by atoms with van der Waals surface area (Å²) in [5.41, 5.74) is 3.12. The molecule has 0 unspecified atom stereocenters. The number of aryl methyl sites for hydroxylation is 1. The summed E-state index contributed by atoms with van der Waals surface area (Å²) in [5.74, 6) is 0.139. The van der Waals surface area contributed by atoms with Crippen molar-refractivity contribution in [2.45, 2.75) is 33.1 Å². The first-order valence-electron chi connectivity index (χ1n) is 6.32. The molecule has 1 rings (SSSR count). The molecule has 98 valence electrons. The Labute approximate surface area is 110 Å². The summed E-state index contributed by atoms with van der Waals surface area (Å²) >= 11 is 0. The lowest BCUT2D eigenvalue weighted by Crippen LogP contribution is -2.24. The first-order valence-corrected chi connectivity index (χ1v) is 6.32. The molecule has 0 spiro atoms. The largest absolute Gasteiger partial charge is 0.306 e. The fourth-order valence-electron chi connectivity index (χ4n) is 1.77. The van der Waals surface area contributed by atoms with Crippen molar-refractivity contribution >= 4 is 5.78 Å². The van der Waals surface area contributed by atoms with E-state index in [4.69, 9.17) is 0 Å². The van der Waals surface area contributed by atoms with Gasteiger partial charge < -0.3 is 5.32 Å². The highest BCUT2D eigenvalue weighted by atomic mass is 16.1. The number of rotatable bonds is 5. The minimum Gasteiger partial charge on any atom is -0.306 e. The van der Waals surface area contributed by atoms with Crippen LogP contribution in [0.15, 0.2) is 30.9 Å². The summed E-state index contributed by atoms with van der Waals surface area (Å²) in [6.45, 7) is 13.1. The van der Waals surface area contributed by atoms with Gasteiger partial charge in [-0.05, 0) is 29.5 Å². The Kier molecular flexibility index (Phi) is 4.85. The molecule has 2 heteroatoms. The van der Waals surface area contributed by atoms with E-state index in [0.717, 1.165) is 11.1 Å². The molecule has 0 bridgehead atoms. The summed E-state index contributed by atoms with van der Waals surface area (Å²) < 4.78 is 0. The number of hydrogen-bond acceptors (Lipinski definition) is 2. The van der Waals surface area contributed by atoms with Crippen LogP contribution in [0.25, 0.3) is 0 Å². The highest BCUT2D eigenvalue weighted by Crippen LogP contribution is 2.24. The zero-order valence-corrected chi connectivity index (χ0v) is 11.8. The van der Waals surface area contributed by atoms with Gasteiger partial charge in [0, 0.05) is 12.1 Å². The number of carbonyl (C=O) groups excluding carboxylic acids is 1. The highest BCUT2D eigenvalue weighted by molar-refractivity contribution is 5.99. The predicted molar refractivity (Wildman–Crippen MR) is 77.3 cm³/mol. The summed E-state index contributed by atoms with van der Waals surface area (Å²) in [7, 11) is 0. The summed E-state index contributed by atoms with van der Waals surface area (Å²) in [6, 6.07) is 6.15. The predicted octanol–water partition coefficient (Wildman–Crippen LogP) is 3.25. The highest BCUT2D eigenvalue weighted by Gasteiger charge is 2.17. The van der Waals surface area contributed by atoms with Crippen molar-refractivity contribution in [3.8, 4) is 0 Å². The molecule has 0 fully saturated rings. The molecular formula is C16H23NO. The molecule has 0 saturated carbocycles. The molecule has 0 aliphatic rings. The van der Waals surface area contributed by atoms with Crippen molar-refractivity contribution < 1.29 is 4.79 Å². The van der Waals surface area contributed by atoms with E-state index < -0.39 is 0 Å². The van der Waals surface area contributed by atoms with Crippen LogP contribution in [0.4, 0.5) is 0 Å². The van der Waals surface area contributed by atoms with E-state index in [-0.39, 0.29) is 11.2 Å². The van der Waals surface area contributed by atoms with E-state index in [9.17, 15) is 4.79 Å². The lowest BCUT2D eigenvalue weighted by atomic mass is 9.85. The molecule has 0 aliphatic carbocycles. The number of hydrogen-bond donors (Lipinski definition) is 1. The molecule has 0 heterocycles. The number of Topliss-reactive ketones (excluding diaryl/α,β-unsaturated/α-hetero) is 1. The van der Waals surface area contributed by atoms with E-state index in [1.807, 2.05) is 19.1 Å². The summed E-state index contributed by atoms with van der Waals surface area (Å²) in [4.78, 5) is 12.1. The molecule has 0 saturated heterocycles. The van der Waals surface area contributed by atoms with Gasteiger partial charge in [-0.2, -0.15) is 0 Å². The molecule has 18 heavy (non-hydrogen) atoms. The summed E-state index contributed by atoms with van der Waals surface area (Å²) in [5, 5.41) is 3.05. The quantitative estimate of drug-likeness (QED) is 0.490. The molecule has 1 aromatic rings. The zero-order valence-electron chi connectivity index (χ0n) is 11.8. The van der Waals surface area contributed by atoms with Gasteiger partial charge >= 0.3 is 0 Å². The molecule has 0 atom stereocenters. The zero-order chi connectivity index (χ0) is 13.8. The standard InChI is InChI=1S/C16H23NO/c1-6-9-17-11-15(18)14-10-13(16(3,4)5)8-7-12(14)2/h6-8,10,17H,1,9,11H2,2-5H3. The number of carbonyl (C=O) groups is 1. The Morgan fingerprint density at radius 3 is 2.61 bits per heavy atom. The van der Waals surface area contributed by atoms with Crippen molar-refractivity contribution in [1.82, 2.24) is 5.32 Å². The van der Waals surface area contributed by atoms with Gasteiger partial charge in [0.1, 0.15) is 0 Å². The Hall–Kier alpha value is -1.41. The monoisotopic (exact) mass is 245 g/mol. The second-order valence-electron chi connectivity index (χ2n) is 5.62. The third-order valence-electron chi connectivity index (χ3n) is 2.98. The van der Waals surface area contributed by atoms with Gasteiger partial charge in [0.2, 0.25) is 0 Å². The molecule has 0 amide bonds. The fourth-order valence-corrected chi connectivity index (χ4v) is 1.77. The first-order chi connectivity index (χ1) is 8.36. The van der Waals surface area contributed by atoms with Crippen molar-refractivity contribution in [2.75, 3.05) is 13.1 Å². The maximum atomic E-state index is 12.1. The van der Waals surface area contributed by atoms with Crippen LogP contribution in [-0.2, 0) is 5.41 Å². The molecular weight excluding hydrogens is 222 g/mol. The minimum atomic E-state index is 0.0667. The van der Waals surface area contributed by atoms with E-state index >= 15 is 0 Å². The molecule has 1 aromatic carbocycles. The lowest BCUT2D eigenvalue weighted by molar-refractivity contribution is 0.0991. The Balaban J connectivity index is 2.93. The van der Waals surface area contributed by atoms with Crippen LogP contribution in [0.2, 0.25) is 0 Å². The first kappa shape index (κ1) is 14.7. The third kappa shape index (κ3) is 3.81. The van der Waals surface area contributed by atoms with Crippen LogP contribution >= 0.6 is 0 Å². The summed E-state index contributed by atoms with van der Waals surface area (Å²) in [6.07, 6.45) is 1.76. The van der Waals surface area contributed by atoms with Gasteiger partial charge in [-0.15, -0.1) is 6.58 Å². The van der Waals surface area contributed by atoms with Crippen LogP contribution in [0.5, 0.6) is 0 Å². The Morgan fingerprint density at radius 1 is 1.39 bits per heavy atom. The normalized spacial score (nSPS) is 11.3. The second-order valence-corrected chi connectivity index (χ2v) is 5.62. The van der Waals surface area contributed by atoms with Crippen LogP contribution < -0.4 is 5.32 Å². The Bertz CT molecular complexity index is 441. The number of benzene rings is 1. The average molecular weight is 245 g/mol. The average Bonchev–Trinajstić information content (AvgIpc) is 2.28. The third-order valence-corrected chi connectivity index (χ3v) is 2.98. The van der Waals surface area contributed by atoms with E-state index in [1.165, 1.54) is 5.56 Å². The van der Waals surface area contributed by atoms with Crippen molar-refractivity contribution in [2.24, 2.45) is 0 Å². The maximum Gasteiger partial charge on any atom is 0.176 e. The van der Waals surface area contributed by atoms with Crippen LogP contribution in [0.3, 0.4) is 0 Å². The van der Waals surface area contributed by atoms with E-state index in [0.29, 0.717) is 13.1 Å². The lowest BCUT2D eigenvalue weighted by Gasteiger charge is -2.20. The van der Waals surface area contributed by atoms with Gasteiger partial charge in [0.15, 0.2) is 5.78 Å². The van der Waals surface area contributed by atoms with Crippen LogP contribution in [-0.4, -0.2) is 18.9 Å². The number of nitrogens with one attached hydrogen (secondary N) is 1. The Morgan fingerprint density at radius 2 is 2.06 bits per heavy atom. The van der Waals surface area contributed by atoms with Gasteiger partial charge in [-0.1, -0.05) is 39.0 Å². The molecule has 2 nitrogen and oxygen atoms in total. The van der Waals surface area contributed by atoms with Gasteiger partial charge in [0.05, 0.1) is 6.54 Å². The topological polar surface area (TPSA) is 29.1 Å². The minimum absolute atomic E-state index is 0.0667. The number of ketones is 1. The maximum absolute atomic E-state index is 12.1. The van der Waals surface area contributed by atoms with Gasteiger partial charge in [-0.25, -0.2) is 0 Å². The van der Waals surface area contributed by atoms with Gasteiger partial charge in [-0.3, -0.25) is 4.79 Å². The fraction of sp³-hybridized carbons (Fsp3) is 0.438. The SMILES string of the molecule is C=CCNCC(=O)c1cc(C(C)(C)C)ccc1C. The van der Waals surface area contributed by atoms with Crippen molar-refractivity contribution in [3.63, 3.8) is 0 Å². The van der Waals surface area contributed by atoms with E-state index in [1.54, 1.807) is 6.08 Å². The van der Waals surface area contributed by atoms with Crippen molar-refractivity contribution in [3.05, 3.63) is 47.5 Å². The molecule has 0 aliphatic heterocycles. The molecule has 0 aromatic heterocycles. The van der Waals surface area contributed by atoms with Crippen LogP contribution in [0.1, 0.15) is 42.3 Å². The van der Waals surface area contributed by atoms with Crippen LogP contribution in [0, 0.1) is 6.92 Å². The van der Waals surface area contributed by atoms with E-state index in [2.05, 4.69) is 38.7 Å².